The summed E-state index contributed by atoms with van der Waals surface area (Å²) in [5.74, 6) is -2.60. The molecule has 3 N–H and O–H groups in total. The summed E-state index contributed by atoms with van der Waals surface area (Å²) in [6, 6.07) is 0.154. The topological polar surface area (TPSA) is 98.3 Å². The molecule has 0 radical (unpaired) electrons. The van der Waals surface area contributed by atoms with Crippen LogP contribution in [0.5, 0.6) is 0 Å². The number of nitrogen functional groups attached to an aromatic ring is 1. The zero-order valence-corrected chi connectivity index (χ0v) is 9.67. The molecule has 1 aromatic carbocycles. The van der Waals surface area contributed by atoms with Crippen molar-refractivity contribution in [2.45, 2.75) is 12.4 Å². The molecule has 0 aromatic heterocycles. The Hall–Kier alpha value is -2.53. The Morgan fingerprint density at radius 3 is 2.10 bits per heavy atom. The molecule has 0 bridgehead atoms. The van der Waals surface area contributed by atoms with Crippen LogP contribution < -0.4 is 11.1 Å². The van der Waals surface area contributed by atoms with Gasteiger partial charge in [-0.15, -0.1) is 0 Å². The van der Waals surface area contributed by atoms with Gasteiger partial charge in [0, 0.05) is 6.07 Å². The van der Waals surface area contributed by atoms with Gasteiger partial charge < -0.3 is 11.1 Å². The number of benzene rings is 1. The first-order valence-electron chi connectivity index (χ1n) is 4.87. The molecule has 0 aliphatic carbocycles. The van der Waals surface area contributed by atoms with Crippen LogP contribution in [0.1, 0.15) is 5.56 Å². The molecule has 0 saturated heterocycles. The molecule has 0 heterocycles. The van der Waals surface area contributed by atoms with Crippen LogP contribution in [0.25, 0.3) is 0 Å². The standard InChI is InChI=1S/C9H5F6N3O3/c10-8(11,12)3-1-4(16)6(5(2-3)18(20)21)17-7(19)9(13,14)15/h1-2H,16H2,(H,17,19). The number of amides is 1. The third kappa shape index (κ3) is 3.73. The number of anilines is 2. The maximum absolute atomic E-state index is 12.4. The first-order chi connectivity index (χ1) is 9.34. The van der Waals surface area contributed by atoms with E-state index in [9.17, 15) is 41.3 Å². The molecule has 1 amide bonds. The number of nitrogens with two attached hydrogens (primary N) is 1. The van der Waals surface area contributed by atoms with Crippen LogP contribution in [-0.4, -0.2) is 17.0 Å². The van der Waals surface area contributed by atoms with E-state index in [-0.39, 0.29) is 12.1 Å². The van der Waals surface area contributed by atoms with Crippen molar-refractivity contribution in [3.63, 3.8) is 0 Å². The van der Waals surface area contributed by atoms with Gasteiger partial charge in [0.1, 0.15) is 5.69 Å². The number of nitrogens with zero attached hydrogens (tertiary/aromatic N) is 1. The minimum atomic E-state index is -5.39. The van der Waals surface area contributed by atoms with Crippen molar-refractivity contribution in [3.05, 3.63) is 27.8 Å². The van der Waals surface area contributed by atoms with Crippen LogP contribution in [0.4, 0.5) is 43.4 Å². The zero-order chi connectivity index (χ0) is 16.6. The van der Waals surface area contributed by atoms with Gasteiger partial charge in [-0.05, 0) is 6.07 Å². The van der Waals surface area contributed by atoms with Crippen molar-refractivity contribution in [1.29, 1.82) is 0 Å². The summed E-state index contributed by atoms with van der Waals surface area (Å²) in [5, 5.41) is 11.7. The Morgan fingerprint density at radius 1 is 1.19 bits per heavy atom. The van der Waals surface area contributed by atoms with Crippen molar-refractivity contribution in [2.24, 2.45) is 0 Å². The first kappa shape index (κ1) is 16.5. The molecule has 1 aromatic rings. The highest BCUT2D eigenvalue weighted by Crippen LogP contribution is 2.39. The van der Waals surface area contributed by atoms with E-state index in [2.05, 4.69) is 0 Å². The van der Waals surface area contributed by atoms with Crippen LogP contribution in [0.15, 0.2) is 12.1 Å². The van der Waals surface area contributed by atoms with Gasteiger partial charge in [0.2, 0.25) is 0 Å². The van der Waals surface area contributed by atoms with E-state index >= 15 is 0 Å². The SMILES string of the molecule is Nc1cc(C(F)(F)F)cc([N+](=O)[O-])c1NC(=O)C(F)(F)F. The van der Waals surface area contributed by atoms with E-state index < -0.39 is 45.8 Å². The second-order valence-electron chi connectivity index (χ2n) is 3.67. The van der Waals surface area contributed by atoms with E-state index in [1.54, 1.807) is 0 Å². The first-order valence-corrected chi connectivity index (χ1v) is 4.87. The van der Waals surface area contributed by atoms with E-state index in [0.29, 0.717) is 0 Å². The van der Waals surface area contributed by atoms with Gasteiger partial charge in [0.15, 0.2) is 0 Å². The number of nitro benzene ring substituents is 1. The minimum Gasteiger partial charge on any atom is -0.397 e. The molecule has 0 spiro atoms. The number of halogens is 6. The third-order valence-electron chi connectivity index (χ3n) is 2.17. The van der Waals surface area contributed by atoms with Gasteiger partial charge in [-0.2, -0.15) is 26.3 Å². The van der Waals surface area contributed by atoms with Crippen molar-refractivity contribution < 1.29 is 36.1 Å². The predicted octanol–water partition coefficient (Wildman–Crippen LogP) is 2.70. The Balaban J connectivity index is 3.40. The molecule has 12 heteroatoms. The van der Waals surface area contributed by atoms with Crippen molar-refractivity contribution in [1.82, 2.24) is 0 Å². The summed E-state index contributed by atoms with van der Waals surface area (Å²) < 4.78 is 73.5. The van der Waals surface area contributed by atoms with Gasteiger partial charge in [-0.25, -0.2) is 0 Å². The average molecular weight is 317 g/mol. The maximum atomic E-state index is 12.4. The average Bonchev–Trinajstić information content (AvgIpc) is 2.28. The zero-order valence-electron chi connectivity index (χ0n) is 9.67. The number of rotatable bonds is 2. The van der Waals surface area contributed by atoms with Crippen LogP contribution >= 0.6 is 0 Å². The molecule has 21 heavy (non-hydrogen) atoms. The largest absolute Gasteiger partial charge is 0.471 e. The van der Waals surface area contributed by atoms with E-state index in [4.69, 9.17) is 5.73 Å². The van der Waals surface area contributed by atoms with Gasteiger partial charge in [0.05, 0.1) is 16.2 Å². The lowest BCUT2D eigenvalue weighted by Crippen LogP contribution is -2.30. The van der Waals surface area contributed by atoms with Gasteiger partial charge in [-0.1, -0.05) is 0 Å². The Morgan fingerprint density at radius 2 is 1.71 bits per heavy atom. The molecular formula is C9H5F6N3O3. The fourth-order valence-electron chi connectivity index (χ4n) is 1.28. The van der Waals surface area contributed by atoms with Crippen molar-refractivity contribution in [2.75, 3.05) is 11.1 Å². The third-order valence-corrected chi connectivity index (χ3v) is 2.17. The van der Waals surface area contributed by atoms with E-state index in [1.165, 1.54) is 0 Å². The highest BCUT2D eigenvalue weighted by atomic mass is 19.4. The fraction of sp³-hybridized carbons (Fsp3) is 0.222. The molecule has 0 fully saturated rings. The summed E-state index contributed by atoms with van der Waals surface area (Å²) in [5.41, 5.74) is -0.0484. The minimum absolute atomic E-state index is 0.0254. The van der Waals surface area contributed by atoms with E-state index in [1.807, 2.05) is 0 Å². The lowest BCUT2D eigenvalue weighted by Gasteiger charge is -2.13. The number of nitrogens with one attached hydrogen (secondary N) is 1. The number of carbonyl (C=O) groups excluding carboxylic acids is 1. The molecule has 0 unspecified atom stereocenters. The van der Waals surface area contributed by atoms with Gasteiger partial charge in [0.25, 0.3) is 5.69 Å². The summed E-state index contributed by atoms with van der Waals surface area (Å²) in [6.45, 7) is 0. The second kappa shape index (κ2) is 5.10. The van der Waals surface area contributed by atoms with Crippen molar-refractivity contribution in [3.8, 4) is 0 Å². The molecular weight excluding hydrogens is 312 g/mol. The molecule has 0 aliphatic heterocycles. The Labute approximate surface area is 111 Å². The quantitative estimate of drug-likeness (QED) is 0.379. The molecule has 116 valence electrons. The molecule has 6 nitrogen and oxygen atoms in total. The van der Waals surface area contributed by atoms with E-state index in [0.717, 1.165) is 5.32 Å². The van der Waals surface area contributed by atoms with Gasteiger partial charge >= 0.3 is 18.3 Å². The molecule has 0 aliphatic rings. The lowest BCUT2D eigenvalue weighted by atomic mass is 10.1. The summed E-state index contributed by atoms with van der Waals surface area (Å²) in [6.07, 6.45) is -10.4. The predicted molar refractivity (Wildman–Crippen MR) is 57.2 cm³/mol. The normalized spacial score (nSPS) is 12.1. The van der Waals surface area contributed by atoms with Crippen molar-refractivity contribution >= 4 is 23.0 Å². The smallest absolute Gasteiger partial charge is 0.397 e. The van der Waals surface area contributed by atoms with Crippen LogP contribution in [0, 0.1) is 10.1 Å². The highest BCUT2D eigenvalue weighted by Gasteiger charge is 2.41. The molecule has 0 atom stereocenters. The number of hydrogen-bond acceptors (Lipinski definition) is 4. The monoisotopic (exact) mass is 317 g/mol. The number of nitro groups is 1. The summed E-state index contributed by atoms with van der Waals surface area (Å²) in [7, 11) is 0. The molecule has 0 saturated carbocycles. The number of hydrogen-bond donors (Lipinski definition) is 2. The van der Waals surface area contributed by atoms with Crippen LogP contribution in [0.2, 0.25) is 0 Å². The number of alkyl halides is 6. The van der Waals surface area contributed by atoms with Crippen LogP contribution in [-0.2, 0) is 11.0 Å². The summed E-state index contributed by atoms with van der Waals surface area (Å²) >= 11 is 0. The Bertz CT molecular complexity index is 596. The van der Waals surface area contributed by atoms with Crippen LogP contribution in [0.3, 0.4) is 0 Å². The second-order valence-corrected chi connectivity index (χ2v) is 3.67. The number of carbonyl (C=O) groups is 1. The maximum Gasteiger partial charge on any atom is 0.471 e. The fourth-order valence-corrected chi connectivity index (χ4v) is 1.28. The summed E-state index contributed by atoms with van der Waals surface area (Å²) in [4.78, 5) is 19.9. The lowest BCUT2D eigenvalue weighted by molar-refractivity contribution is -0.384. The molecule has 1 rings (SSSR count). The van der Waals surface area contributed by atoms with Gasteiger partial charge in [-0.3, -0.25) is 14.9 Å². The Kier molecular flexibility index (Phi) is 4.02. The highest BCUT2D eigenvalue weighted by molar-refractivity contribution is 6.00.